The molecule has 3 N–H and O–H groups in total. The van der Waals surface area contributed by atoms with E-state index in [2.05, 4.69) is 45.6 Å². The Hall–Kier alpha value is -6.11. The maximum Gasteiger partial charge on any atom is 0.272 e. The molecule has 318 valence electrons. The summed E-state index contributed by atoms with van der Waals surface area (Å²) in [4.78, 5) is 54.5. The fourth-order valence-corrected chi connectivity index (χ4v) is 7.86. The summed E-state index contributed by atoms with van der Waals surface area (Å²) in [7, 11) is 0. The van der Waals surface area contributed by atoms with Crippen LogP contribution in [0.3, 0.4) is 0 Å². The lowest BCUT2D eigenvalue weighted by Crippen LogP contribution is -2.46. The molecule has 0 unspecified atom stereocenters. The van der Waals surface area contributed by atoms with Crippen molar-refractivity contribution in [1.29, 1.82) is 5.26 Å². The van der Waals surface area contributed by atoms with Crippen LogP contribution in [-0.4, -0.2) is 93.3 Å². The van der Waals surface area contributed by atoms with Gasteiger partial charge in [-0.1, -0.05) is 31.4 Å². The lowest BCUT2D eigenvalue weighted by Gasteiger charge is -2.36. The van der Waals surface area contributed by atoms with Crippen LogP contribution in [0, 0.1) is 11.3 Å². The molecule has 5 aromatic rings. The fraction of sp³-hybridized carbons (Fsp3) is 0.422. The summed E-state index contributed by atoms with van der Waals surface area (Å²) >= 11 is 6.13. The van der Waals surface area contributed by atoms with E-state index in [1.165, 1.54) is 0 Å². The summed E-state index contributed by atoms with van der Waals surface area (Å²) in [6, 6.07) is 18.0. The van der Waals surface area contributed by atoms with E-state index in [0.29, 0.717) is 47.5 Å². The number of rotatable bonds is 17. The first-order chi connectivity index (χ1) is 29.7. The smallest absolute Gasteiger partial charge is 0.272 e. The standard InChI is InChI=1S/C45H51ClN10O5/c1-2-31-24-40-41(52-43(31)57)23-30(27-49-40)29-55-18-20-56(21-19-55)34-10-14-38(50-28-34)44(58)48-17-5-3-4-6-22-60-42-16-15-39(53-54-42)45(59)51-33-8-12-35(13-9-33)61-36-11-7-32(26-47)37(46)25-36/h7,10-11,14-16,23-25,27-28,33,35H,2-6,8-9,12-13,17-22,29H2,1H3,(H,48,58)(H,51,59)(H,52,57). The molecule has 2 fully saturated rings. The van der Waals surface area contributed by atoms with Crippen LogP contribution in [0.25, 0.3) is 11.0 Å². The number of unbranched alkanes of at least 4 members (excludes halogenated alkanes) is 3. The maximum absolute atomic E-state index is 12.8. The number of fused-ring (bicyclic) bond motifs is 1. The molecule has 0 atom stereocenters. The molecular weight excluding hydrogens is 796 g/mol. The minimum atomic E-state index is -0.271. The lowest BCUT2D eigenvalue weighted by molar-refractivity contribution is 0.0887. The van der Waals surface area contributed by atoms with E-state index in [-0.39, 0.29) is 35.2 Å². The number of benzene rings is 1. The van der Waals surface area contributed by atoms with Crippen molar-refractivity contribution in [2.75, 3.05) is 44.2 Å². The Morgan fingerprint density at radius 3 is 2.43 bits per heavy atom. The number of halogens is 1. The molecule has 5 heterocycles. The topological polar surface area (TPSA) is 191 Å². The van der Waals surface area contributed by atoms with Crippen LogP contribution in [0.1, 0.15) is 96.0 Å². The molecule has 1 saturated carbocycles. The van der Waals surface area contributed by atoms with Gasteiger partial charge in [0, 0.05) is 69.2 Å². The van der Waals surface area contributed by atoms with Crippen LogP contribution >= 0.6 is 11.6 Å². The monoisotopic (exact) mass is 846 g/mol. The number of aromatic amines is 1. The highest BCUT2D eigenvalue weighted by Crippen LogP contribution is 2.27. The number of nitrogens with zero attached hydrogens (tertiary/aromatic N) is 7. The van der Waals surface area contributed by atoms with Gasteiger partial charge in [-0.2, -0.15) is 5.26 Å². The first-order valence-corrected chi connectivity index (χ1v) is 21.5. The quantitative estimate of drug-likeness (QED) is 0.0926. The van der Waals surface area contributed by atoms with Gasteiger partial charge in [-0.25, -0.2) is 4.98 Å². The zero-order valence-electron chi connectivity index (χ0n) is 34.4. The summed E-state index contributed by atoms with van der Waals surface area (Å²) in [6.07, 6.45) is 11.0. The van der Waals surface area contributed by atoms with Crippen LogP contribution in [0.15, 0.2) is 71.8 Å². The second-order valence-corrected chi connectivity index (χ2v) is 15.9. The van der Waals surface area contributed by atoms with E-state index in [9.17, 15) is 14.4 Å². The Morgan fingerprint density at radius 1 is 0.902 bits per heavy atom. The molecule has 7 rings (SSSR count). The zero-order valence-corrected chi connectivity index (χ0v) is 35.1. The third-order valence-electron chi connectivity index (χ3n) is 11.2. The predicted molar refractivity (Wildman–Crippen MR) is 232 cm³/mol. The SMILES string of the molecule is CCc1cc2ncc(CN3CCN(c4ccc(C(=O)NCCCCCCOc5ccc(C(=O)NC6CCC(Oc7ccc(C#N)c(Cl)c7)CC6)nn5)nc4)CC3)cc2[nH]c1=O. The number of hydrogen-bond donors (Lipinski definition) is 3. The molecule has 1 aliphatic carbocycles. The number of H-pyrrole nitrogens is 1. The molecule has 0 bridgehead atoms. The number of ether oxygens (including phenoxy) is 2. The number of anilines is 1. The first kappa shape index (κ1) is 43.0. The molecule has 1 aliphatic heterocycles. The number of hydrogen-bond acceptors (Lipinski definition) is 12. The van der Waals surface area contributed by atoms with Crippen LogP contribution in [0.2, 0.25) is 5.02 Å². The summed E-state index contributed by atoms with van der Waals surface area (Å²) < 4.78 is 11.8. The number of pyridine rings is 3. The number of nitriles is 1. The molecule has 2 amide bonds. The van der Waals surface area contributed by atoms with Gasteiger partial charge < -0.3 is 30.0 Å². The van der Waals surface area contributed by atoms with Gasteiger partial charge in [0.2, 0.25) is 5.88 Å². The van der Waals surface area contributed by atoms with E-state index in [1.807, 2.05) is 37.4 Å². The Bertz CT molecular complexity index is 2370. The predicted octanol–water partition coefficient (Wildman–Crippen LogP) is 6.01. The van der Waals surface area contributed by atoms with Crippen LogP contribution in [0.5, 0.6) is 11.6 Å². The molecule has 0 radical (unpaired) electrons. The van der Waals surface area contributed by atoms with Crippen molar-refractivity contribution in [2.45, 2.75) is 83.4 Å². The maximum atomic E-state index is 12.8. The average molecular weight is 847 g/mol. The number of carbonyl (C=O) groups is 2. The number of amides is 2. The van der Waals surface area contributed by atoms with Crippen molar-refractivity contribution in [2.24, 2.45) is 0 Å². The van der Waals surface area contributed by atoms with Crippen LogP contribution in [0.4, 0.5) is 5.69 Å². The average Bonchev–Trinajstić information content (AvgIpc) is 3.28. The number of aryl methyl sites for hydroxylation is 1. The Balaban J connectivity index is 0.723. The van der Waals surface area contributed by atoms with E-state index in [4.69, 9.17) is 26.3 Å². The zero-order chi connectivity index (χ0) is 42.6. The largest absolute Gasteiger partial charge is 0.490 e. The lowest BCUT2D eigenvalue weighted by atomic mass is 9.93. The minimum Gasteiger partial charge on any atom is -0.490 e. The second kappa shape index (κ2) is 20.9. The minimum absolute atomic E-state index is 0.0142. The Morgan fingerprint density at radius 2 is 1.70 bits per heavy atom. The van der Waals surface area contributed by atoms with Gasteiger partial charge in [0.15, 0.2) is 5.69 Å². The highest BCUT2D eigenvalue weighted by Gasteiger charge is 2.25. The van der Waals surface area contributed by atoms with E-state index < -0.39 is 0 Å². The molecule has 16 heteroatoms. The van der Waals surface area contributed by atoms with Gasteiger partial charge in [-0.05, 0) is 93.0 Å². The first-order valence-electron chi connectivity index (χ1n) is 21.1. The fourth-order valence-electron chi connectivity index (χ4n) is 7.65. The molecule has 15 nitrogen and oxygen atoms in total. The number of nitrogens with one attached hydrogen (secondary N) is 3. The number of carbonyl (C=O) groups excluding carboxylic acids is 2. The summed E-state index contributed by atoms with van der Waals surface area (Å²) in [6.45, 7) is 7.20. The molecule has 61 heavy (non-hydrogen) atoms. The summed E-state index contributed by atoms with van der Waals surface area (Å²) in [5, 5.41) is 23.6. The van der Waals surface area contributed by atoms with Crippen LogP contribution in [-0.2, 0) is 13.0 Å². The molecule has 2 aliphatic rings. The van der Waals surface area contributed by atoms with Gasteiger partial charge in [-0.3, -0.25) is 24.3 Å². The van der Waals surface area contributed by atoms with Gasteiger partial charge in [0.05, 0.1) is 46.2 Å². The molecule has 1 aromatic carbocycles. The van der Waals surface area contributed by atoms with E-state index in [1.54, 1.807) is 42.6 Å². The molecule has 0 spiro atoms. The Labute approximate surface area is 359 Å². The van der Waals surface area contributed by atoms with Crippen LogP contribution < -0.4 is 30.6 Å². The number of aromatic nitrogens is 5. The van der Waals surface area contributed by atoms with Crippen molar-refractivity contribution >= 4 is 40.1 Å². The van der Waals surface area contributed by atoms with E-state index >= 15 is 0 Å². The highest BCUT2D eigenvalue weighted by atomic mass is 35.5. The molecular formula is C45H51ClN10O5. The van der Waals surface area contributed by atoms with Gasteiger partial charge in [0.1, 0.15) is 17.5 Å². The van der Waals surface area contributed by atoms with Gasteiger partial charge in [-0.15, -0.1) is 10.2 Å². The van der Waals surface area contributed by atoms with E-state index in [0.717, 1.165) is 112 Å². The van der Waals surface area contributed by atoms with Crippen molar-refractivity contribution in [3.63, 3.8) is 0 Å². The normalized spacial score (nSPS) is 16.8. The van der Waals surface area contributed by atoms with Crippen molar-refractivity contribution < 1.29 is 19.1 Å². The molecule has 1 saturated heterocycles. The van der Waals surface area contributed by atoms with Crippen molar-refractivity contribution in [3.05, 3.63) is 110 Å². The second-order valence-electron chi connectivity index (χ2n) is 15.5. The molecule has 4 aromatic heterocycles. The van der Waals surface area contributed by atoms with Crippen molar-refractivity contribution in [1.82, 2.24) is 40.7 Å². The summed E-state index contributed by atoms with van der Waals surface area (Å²) in [5.41, 5.74) is 5.37. The van der Waals surface area contributed by atoms with Crippen molar-refractivity contribution in [3.8, 4) is 17.7 Å². The summed E-state index contributed by atoms with van der Waals surface area (Å²) in [5.74, 6) is 0.544. The van der Waals surface area contributed by atoms with Gasteiger partial charge >= 0.3 is 0 Å². The van der Waals surface area contributed by atoms with Gasteiger partial charge in [0.25, 0.3) is 17.4 Å². The Kier molecular flexibility index (Phi) is 14.7. The third kappa shape index (κ3) is 11.8. The highest BCUT2D eigenvalue weighted by molar-refractivity contribution is 6.31. The third-order valence-corrected chi connectivity index (χ3v) is 11.5. The number of piperazine rings is 1.